The lowest BCUT2D eigenvalue weighted by molar-refractivity contribution is -0.122. The van der Waals surface area contributed by atoms with E-state index in [1.54, 1.807) is 31.2 Å². The van der Waals surface area contributed by atoms with E-state index in [0.717, 1.165) is 5.69 Å². The molecule has 2 aromatic carbocycles. The van der Waals surface area contributed by atoms with Gasteiger partial charge in [-0.2, -0.15) is 5.26 Å². The summed E-state index contributed by atoms with van der Waals surface area (Å²) in [5.74, 6) is 0.747. The average Bonchev–Trinajstić information content (AvgIpc) is 2.55. The Labute approximate surface area is 136 Å². The third-order valence-corrected chi connectivity index (χ3v) is 3.49. The van der Waals surface area contributed by atoms with Gasteiger partial charge in [0.15, 0.2) is 6.10 Å². The van der Waals surface area contributed by atoms with Gasteiger partial charge >= 0.3 is 0 Å². The molecule has 0 fully saturated rings. The summed E-state index contributed by atoms with van der Waals surface area (Å²) in [5.41, 5.74) is 2.49. The summed E-state index contributed by atoms with van der Waals surface area (Å²) in [6, 6.07) is 16.5. The van der Waals surface area contributed by atoms with Gasteiger partial charge in [-0.1, -0.05) is 26.0 Å². The molecule has 118 valence electrons. The maximum Gasteiger partial charge on any atom is 0.265 e. The van der Waals surface area contributed by atoms with E-state index in [0.29, 0.717) is 17.2 Å². The molecule has 4 heteroatoms. The van der Waals surface area contributed by atoms with Crippen molar-refractivity contribution in [3.05, 3.63) is 59.7 Å². The number of anilines is 1. The number of benzene rings is 2. The molecule has 4 nitrogen and oxygen atoms in total. The SMILES string of the molecule is CC(Oc1ccc(C#N)cc1)C(=O)Nc1cccc(C(C)C)c1. The Morgan fingerprint density at radius 1 is 1.13 bits per heavy atom. The van der Waals surface area contributed by atoms with Gasteiger partial charge in [0.2, 0.25) is 0 Å². The molecule has 0 aromatic heterocycles. The first-order chi connectivity index (χ1) is 11.0. The molecule has 1 unspecified atom stereocenters. The predicted octanol–water partition coefficient (Wildman–Crippen LogP) is 4.09. The van der Waals surface area contributed by atoms with Crippen LogP contribution in [-0.4, -0.2) is 12.0 Å². The number of nitrogens with zero attached hydrogens (tertiary/aromatic N) is 1. The number of nitrogens with one attached hydrogen (secondary N) is 1. The van der Waals surface area contributed by atoms with Gasteiger partial charge in [0.05, 0.1) is 11.6 Å². The van der Waals surface area contributed by atoms with Crippen molar-refractivity contribution in [1.29, 1.82) is 5.26 Å². The lowest BCUT2D eigenvalue weighted by atomic mass is 10.0. The molecule has 2 aromatic rings. The van der Waals surface area contributed by atoms with E-state index in [4.69, 9.17) is 10.00 Å². The second-order valence-corrected chi connectivity index (χ2v) is 5.67. The smallest absolute Gasteiger partial charge is 0.265 e. The van der Waals surface area contributed by atoms with Crippen molar-refractivity contribution in [2.45, 2.75) is 32.8 Å². The van der Waals surface area contributed by atoms with Crippen molar-refractivity contribution in [3.63, 3.8) is 0 Å². The Balaban J connectivity index is 1.99. The number of rotatable bonds is 5. The van der Waals surface area contributed by atoms with Crippen molar-refractivity contribution in [3.8, 4) is 11.8 Å². The van der Waals surface area contributed by atoms with E-state index >= 15 is 0 Å². The number of nitriles is 1. The highest BCUT2D eigenvalue weighted by atomic mass is 16.5. The van der Waals surface area contributed by atoms with Crippen LogP contribution in [0, 0.1) is 11.3 Å². The summed E-state index contributed by atoms with van der Waals surface area (Å²) in [5, 5.41) is 11.6. The summed E-state index contributed by atoms with van der Waals surface area (Å²) < 4.78 is 5.60. The summed E-state index contributed by atoms with van der Waals surface area (Å²) in [7, 11) is 0. The topological polar surface area (TPSA) is 62.1 Å². The van der Waals surface area contributed by atoms with Crippen molar-refractivity contribution >= 4 is 11.6 Å². The normalized spacial score (nSPS) is 11.6. The molecule has 0 aliphatic carbocycles. The van der Waals surface area contributed by atoms with Gasteiger partial charge < -0.3 is 10.1 Å². The molecule has 0 radical (unpaired) electrons. The van der Waals surface area contributed by atoms with Crippen LogP contribution in [0.5, 0.6) is 5.75 Å². The zero-order chi connectivity index (χ0) is 16.8. The van der Waals surface area contributed by atoms with Gasteiger partial charge in [-0.15, -0.1) is 0 Å². The van der Waals surface area contributed by atoms with Gasteiger partial charge in [-0.25, -0.2) is 0 Å². The molecule has 0 saturated carbocycles. The summed E-state index contributed by atoms with van der Waals surface area (Å²) >= 11 is 0. The Bertz CT molecular complexity index is 715. The molecule has 1 atom stereocenters. The fourth-order valence-corrected chi connectivity index (χ4v) is 2.09. The largest absolute Gasteiger partial charge is 0.481 e. The number of amides is 1. The van der Waals surface area contributed by atoms with Crippen molar-refractivity contribution in [2.75, 3.05) is 5.32 Å². The van der Waals surface area contributed by atoms with Crippen molar-refractivity contribution in [2.24, 2.45) is 0 Å². The minimum atomic E-state index is -0.634. The Hall–Kier alpha value is -2.80. The fraction of sp³-hybridized carbons (Fsp3) is 0.263. The van der Waals surface area contributed by atoms with Crippen LogP contribution in [0.3, 0.4) is 0 Å². The molecule has 0 spiro atoms. The molecule has 1 amide bonds. The highest BCUT2D eigenvalue weighted by molar-refractivity contribution is 5.94. The van der Waals surface area contributed by atoms with E-state index in [9.17, 15) is 4.79 Å². The minimum absolute atomic E-state index is 0.213. The standard InChI is InChI=1S/C19H20N2O2/c1-13(2)16-5-4-6-17(11-16)21-19(22)14(3)23-18-9-7-15(12-20)8-10-18/h4-11,13-14H,1-3H3,(H,21,22). The van der Waals surface area contributed by atoms with Gasteiger partial charge in [-0.05, 0) is 54.8 Å². The molecule has 1 N–H and O–H groups in total. The number of ether oxygens (including phenoxy) is 1. The molecule has 23 heavy (non-hydrogen) atoms. The van der Waals surface area contributed by atoms with Crippen LogP contribution >= 0.6 is 0 Å². The zero-order valence-electron chi connectivity index (χ0n) is 13.5. The summed E-state index contributed by atoms with van der Waals surface area (Å²) in [6.07, 6.45) is -0.634. The lowest BCUT2D eigenvalue weighted by Crippen LogP contribution is -2.30. The Morgan fingerprint density at radius 3 is 2.43 bits per heavy atom. The molecular weight excluding hydrogens is 288 g/mol. The maximum absolute atomic E-state index is 12.2. The zero-order valence-corrected chi connectivity index (χ0v) is 13.5. The first kappa shape index (κ1) is 16.6. The van der Waals surface area contributed by atoms with Crippen LogP contribution in [0.15, 0.2) is 48.5 Å². The first-order valence-corrected chi connectivity index (χ1v) is 7.57. The van der Waals surface area contributed by atoms with E-state index in [2.05, 4.69) is 19.2 Å². The van der Waals surface area contributed by atoms with E-state index < -0.39 is 6.10 Å². The van der Waals surface area contributed by atoms with Gasteiger partial charge in [0, 0.05) is 5.69 Å². The molecule has 0 saturated heterocycles. The Kier molecular flexibility index (Phi) is 5.37. The van der Waals surface area contributed by atoms with Gasteiger partial charge in [-0.3, -0.25) is 4.79 Å². The van der Waals surface area contributed by atoms with Crippen LogP contribution in [0.4, 0.5) is 5.69 Å². The quantitative estimate of drug-likeness (QED) is 0.905. The Morgan fingerprint density at radius 2 is 1.83 bits per heavy atom. The van der Waals surface area contributed by atoms with Crippen LogP contribution in [0.1, 0.15) is 37.8 Å². The maximum atomic E-state index is 12.2. The van der Waals surface area contributed by atoms with Crippen molar-refractivity contribution < 1.29 is 9.53 Å². The van der Waals surface area contributed by atoms with E-state index in [1.165, 1.54) is 5.56 Å². The van der Waals surface area contributed by atoms with Gasteiger partial charge in [0.25, 0.3) is 5.91 Å². The second kappa shape index (κ2) is 7.46. The van der Waals surface area contributed by atoms with Crippen LogP contribution in [0.25, 0.3) is 0 Å². The molecule has 0 heterocycles. The molecule has 0 bridgehead atoms. The third kappa shape index (κ3) is 4.58. The predicted molar refractivity (Wildman–Crippen MR) is 90.4 cm³/mol. The summed E-state index contributed by atoms with van der Waals surface area (Å²) in [6.45, 7) is 5.91. The van der Waals surface area contributed by atoms with Crippen LogP contribution in [0.2, 0.25) is 0 Å². The molecule has 0 aliphatic heterocycles. The highest BCUT2D eigenvalue weighted by Crippen LogP contribution is 2.19. The molecular formula is C19H20N2O2. The minimum Gasteiger partial charge on any atom is -0.481 e. The molecule has 2 rings (SSSR count). The second-order valence-electron chi connectivity index (χ2n) is 5.67. The number of hydrogen-bond acceptors (Lipinski definition) is 3. The fourth-order valence-electron chi connectivity index (χ4n) is 2.09. The summed E-state index contributed by atoms with van der Waals surface area (Å²) in [4.78, 5) is 12.2. The van der Waals surface area contributed by atoms with E-state index in [1.807, 2.05) is 30.3 Å². The lowest BCUT2D eigenvalue weighted by Gasteiger charge is -2.15. The number of carbonyl (C=O) groups is 1. The third-order valence-electron chi connectivity index (χ3n) is 3.49. The highest BCUT2D eigenvalue weighted by Gasteiger charge is 2.15. The average molecular weight is 308 g/mol. The first-order valence-electron chi connectivity index (χ1n) is 7.57. The van der Waals surface area contributed by atoms with Crippen LogP contribution in [-0.2, 0) is 4.79 Å². The van der Waals surface area contributed by atoms with E-state index in [-0.39, 0.29) is 5.91 Å². The van der Waals surface area contributed by atoms with Crippen molar-refractivity contribution in [1.82, 2.24) is 0 Å². The number of hydrogen-bond donors (Lipinski definition) is 1. The van der Waals surface area contributed by atoms with Crippen LogP contribution < -0.4 is 10.1 Å². The monoisotopic (exact) mass is 308 g/mol. The number of carbonyl (C=O) groups excluding carboxylic acids is 1. The van der Waals surface area contributed by atoms with Gasteiger partial charge in [0.1, 0.15) is 5.75 Å². The molecule has 0 aliphatic rings.